The Morgan fingerprint density at radius 1 is 1.53 bits per heavy atom. The predicted octanol–water partition coefficient (Wildman–Crippen LogP) is 3.27. The number of nitrogens with zero attached hydrogens (tertiary/aromatic N) is 1. The van der Waals surface area contributed by atoms with Crippen molar-refractivity contribution in [2.45, 2.75) is 0 Å². The molecule has 0 radical (unpaired) electrons. The van der Waals surface area contributed by atoms with E-state index in [2.05, 4.69) is 29.1 Å². The topological polar surface area (TPSA) is 114 Å². The summed E-state index contributed by atoms with van der Waals surface area (Å²) in [5.41, 5.74) is -0.0880. The molecule has 0 fully saturated rings. The van der Waals surface area contributed by atoms with Gasteiger partial charge in [0, 0.05) is 0 Å². The fraction of sp³-hybridized carbons (Fsp3) is 0. The van der Waals surface area contributed by atoms with Gasteiger partial charge in [0.15, 0.2) is 0 Å². The van der Waals surface area contributed by atoms with Gasteiger partial charge in [0.1, 0.15) is 0 Å². The van der Waals surface area contributed by atoms with Gasteiger partial charge in [-0.3, -0.25) is 10.1 Å². The van der Waals surface area contributed by atoms with Crippen molar-refractivity contribution in [3.63, 3.8) is 0 Å². The van der Waals surface area contributed by atoms with Gasteiger partial charge in [-0.05, 0) is 12.1 Å². The van der Waals surface area contributed by atoms with E-state index in [1.165, 1.54) is 17.3 Å². The number of carboxylic acid groups (broad SMARTS) is 2. The van der Waals surface area contributed by atoms with Gasteiger partial charge in [-0.2, -0.15) is 0 Å². The van der Waals surface area contributed by atoms with Crippen LogP contribution in [0.1, 0.15) is 5.76 Å². The summed E-state index contributed by atoms with van der Waals surface area (Å²) in [7, 11) is 0. The van der Waals surface area contributed by atoms with Crippen molar-refractivity contribution in [1.29, 1.82) is 0 Å². The lowest BCUT2D eigenvalue weighted by molar-refractivity contribution is -0.376. The summed E-state index contributed by atoms with van der Waals surface area (Å²) in [5, 5.41) is 24.2. The Labute approximate surface area is 105 Å². The molecule has 1 aromatic rings. The number of carbonyl (C=O) groups is 1. The van der Waals surface area contributed by atoms with Crippen LogP contribution in [0.2, 0.25) is 0 Å². The number of nitro groups is 1. The van der Waals surface area contributed by atoms with Crippen LogP contribution in [0.4, 0.5) is 4.79 Å². The minimum atomic E-state index is -1.83. The van der Waals surface area contributed by atoms with Crippen LogP contribution in [0.25, 0.3) is 5.70 Å². The van der Waals surface area contributed by atoms with Crippen molar-refractivity contribution < 1.29 is 24.3 Å². The lowest BCUT2D eigenvalue weighted by Crippen LogP contribution is -1.94. The van der Waals surface area contributed by atoms with Gasteiger partial charge in [-0.1, -0.05) is 15.9 Å². The van der Waals surface area contributed by atoms with Crippen molar-refractivity contribution in [3.8, 4) is 0 Å². The van der Waals surface area contributed by atoms with Gasteiger partial charge in [0.25, 0.3) is 0 Å². The summed E-state index contributed by atoms with van der Waals surface area (Å²) >= 11 is 2.87. The first kappa shape index (κ1) is 17.3. The highest BCUT2D eigenvalue weighted by atomic mass is 79.9. The average Bonchev–Trinajstić information content (AvgIpc) is 2.74. The van der Waals surface area contributed by atoms with E-state index in [4.69, 9.17) is 19.4 Å². The highest BCUT2D eigenvalue weighted by Gasteiger charge is 2.15. The van der Waals surface area contributed by atoms with E-state index in [0.717, 1.165) is 0 Å². The summed E-state index contributed by atoms with van der Waals surface area (Å²) in [6.45, 7) is 6.00. The highest BCUT2D eigenvalue weighted by molar-refractivity contribution is 9.11. The lowest BCUT2D eigenvalue weighted by atomic mass is 10.4. The minimum absolute atomic E-state index is 0.0880. The van der Waals surface area contributed by atoms with Gasteiger partial charge in [-0.15, -0.1) is 13.2 Å². The monoisotopic (exact) mass is 307 g/mol. The van der Waals surface area contributed by atoms with Crippen molar-refractivity contribution in [3.05, 3.63) is 52.4 Å². The number of rotatable bonds is 2. The summed E-state index contributed by atoms with van der Waals surface area (Å²) in [6, 6.07) is 3.12. The van der Waals surface area contributed by atoms with Crippen LogP contribution < -0.4 is 0 Å². The third-order valence-corrected chi connectivity index (χ3v) is 1.51. The van der Waals surface area contributed by atoms with Gasteiger partial charge in [0.2, 0.25) is 5.76 Å². The maximum absolute atomic E-state index is 10.3. The SMILES string of the molecule is C=C.O=C(O)O.O=[N+]([O-])C(=CBr)c1ccco1. The Hall–Kier alpha value is -2.09. The largest absolute Gasteiger partial charge is 0.503 e. The molecule has 8 heteroatoms. The molecule has 0 aliphatic heterocycles. The number of furan rings is 1. The van der Waals surface area contributed by atoms with Gasteiger partial charge < -0.3 is 14.6 Å². The molecule has 0 saturated carbocycles. The number of hydrogen-bond donors (Lipinski definition) is 2. The molecule has 0 bridgehead atoms. The van der Waals surface area contributed by atoms with E-state index in [9.17, 15) is 10.1 Å². The van der Waals surface area contributed by atoms with Gasteiger partial charge >= 0.3 is 11.9 Å². The molecule has 1 rings (SSSR count). The molecule has 1 aromatic heterocycles. The van der Waals surface area contributed by atoms with Crippen LogP contribution >= 0.6 is 15.9 Å². The molecule has 0 saturated heterocycles. The quantitative estimate of drug-likeness (QED) is 0.492. The lowest BCUT2D eigenvalue weighted by Gasteiger charge is -1.89. The van der Waals surface area contributed by atoms with Crippen molar-refractivity contribution in [2.24, 2.45) is 0 Å². The molecule has 0 unspecified atom stereocenters. The van der Waals surface area contributed by atoms with E-state index >= 15 is 0 Å². The van der Waals surface area contributed by atoms with E-state index in [-0.39, 0.29) is 11.5 Å². The third-order valence-electron chi connectivity index (χ3n) is 1.07. The molecule has 0 amide bonds. The summed E-state index contributed by atoms with van der Waals surface area (Å²) < 4.78 is 4.81. The van der Waals surface area contributed by atoms with Gasteiger partial charge in [0.05, 0.1) is 16.2 Å². The van der Waals surface area contributed by atoms with E-state index in [1.54, 1.807) is 6.07 Å². The van der Waals surface area contributed by atoms with Crippen LogP contribution in [0.15, 0.2) is 41.0 Å². The average molecular weight is 308 g/mol. The molecule has 2 N–H and O–H groups in total. The molecule has 94 valence electrons. The predicted molar refractivity (Wildman–Crippen MR) is 64.5 cm³/mol. The van der Waals surface area contributed by atoms with E-state index < -0.39 is 11.1 Å². The first-order valence-corrected chi connectivity index (χ1v) is 4.81. The fourth-order valence-corrected chi connectivity index (χ4v) is 1.00. The normalized spacial score (nSPS) is 9.12. The fourth-order valence-electron chi connectivity index (χ4n) is 0.608. The minimum Gasteiger partial charge on any atom is -0.458 e. The Morgan fingerprint density at radius 3 is 2.24 bits per heavy atom. The van der Waals surface area contributed by atoms with Crippen LogP contribution in [0, 0.1) is 10.1 Å². The molecule has 1 heterocycles. The summed E-state index contributed by atoms with van der Waals surface area (Å²) in [6.07, 6.45) is -0.449. The summed E-state index contributed by atoms with van der Waals surface area (Å²) in [5.74, 6) is 0.242. The molecular formula is C9H10BrNO6. The molecule has 0 spiro atoms. The molecule has 17 heavy (non-hydrogen) atoms. The Morgan fingerprint density at radius 2 is 2.00 bits per heavy atom. The Bertz CT molecular complexity index is 369. The first-order chi connectivity index (χ1) is 7.99. The molecule has 7 nitrogen and oxygen atoms in total. The van der Waals surface area contributed by atoms with Crippen LogP contribution in [0.5, 0.6) is 0 Å². The maximum atomic E-state index is 10.3. The molecule has 0 aromatic carbocycles. The smallest absolute Gasteiger partial charge is 0.458 e. The number of hydrogen-bond acceptors (Lipinski definition) is 4. The standard InChI is InChI=1S/C6H4BrNO3.C2H4.CH2O3/c7-4-5(8(9)10)6-2-1-3-11-6;1-2;2-1(3)4/h1-4H;1-2H2;(H2,2,3,4). The zero-order valence-electron chi connectivity index (χ0n) is 8.58. The molecule has 0 aliphatic rings. The second-order valence-corrected chi connectivity index (χ2v) is 2.47. The van der Waals surface area contributed by atoms with Crippen molar-refractivity contribution in [2.75, 3.05) is 0 Å². The van der Waals surface area contributed by atoms with Crippen LogP contribution in [0.3, 0.4) is 0 Å². The third kappa shape index (κ3) is 8.88. The Kier molecular flexibility index (Phi) is 10.6. The summed E-state index contributed by atoms with van der Waals surface area (Å²) in [4.78, 5) is 19.5. The van der Waals surface area contributed by atoms with Crippen molar-refractivity contribution >= 4 is 27.8 Å². The molecule has 0 atom stereocenters. The highest BCUT2D eigenvalue weighted by Crippen LogP contribution is 2.16. The second-order valence-electron chi connectivity index (χ2n) is 2.01. The zero-order valence-corrected chi connectivity index (χ0v) is 10.2. The van der Waals surface area contributed by atoms with Crippen LogP contribution in [-0.4, -0.2) is 21.3 Å². The first-order valence-electron chi connectivity index (χ1n) is 3.89. The van der Waals surface area contributed by atoms with Gasteiger partial charge in [-0.25, -0.2) is 4.79 Å². The number of halogens is 1. The zero-order chi connectivity index (χ0) is 13.8. The maximum Gasteiger partial charge on any atom is 0.503 e. The van der Waals surface area contributed by atoms with Crippen molar-refractivity contribution in [1.82, 2.24) is 0 Å². The molecule has 0 aliphatic carbocycles. The Balaban J connectivity index is 0. The molecular weight excluding hydrogens is 298 g/mol. The van der Waals surface area contributed by atoms with E-state index in [0.29, 0.717) is 0 Å². The van der Waals surface area contributed by atoms with Crippen LogP contribution in [-0.2, 0) is 0 Å². The van der Waals surface area contributed by atoms with E-state index in [1.807, 2.05) is 0 Å². The second kappa shape index (κ2) is 10.4.